The molecule has 0 amide bonds. The maximum Gasteiger partial charge on any atom is 0.163 e. The molecule has 0 atom stereocenters. The first kappa shape index (κ1) is 16.7. The Kier molecular flexibility index (Phi) is 5.20. The maximum atomic E-state index is 6.16. The summed E-state index contributed by atoms with van der Waals surface area (Å²) < 4.78 is 6.75. The fourth-order valence-corrected chi connectivity index (χ4v) is 3.27. The minimum Gasteiger partial charge on any atom is -0.367 e. The third-order valence-corrected chi connectivity index (χ3v) is 6.22. The van der Waals surface area contributed by atoms with Crippen LogP contribution in [0.4, 0.5) is 0 Å². The van der Waals surface area contributed by atoms with Gasteiger partial charge in [0, 0.05) is 6.61 Å². The molecule has 1 fully saturated rings. The van der Waals surface area contributed by atoms with Crippen molar-refractivity contribution in [2.24, 2.45) is 5.41 Å². The number of hydrogen-bond acceptors (Lipinski definition) is 3. The topological polar surface area (TPSA) is 35.0 Å². The van der Waals surface area contributed by atoms with Gasteiger partial charge >= 0.3 is 0 Å². The lowest BCUT2D eigenvalue weighted by Crippen LogP contribution is -2.39. The molecule has 2 rings (SSSR count). The zero-order valence-electron chi connectivity index (χ0n) is 12.0. The maximum absolute atomic E-state index is 6.16. The molecule has 0 unspecified atom stereocenters. The second-order valence-electron chi connectivity index (χ2n) is 6.03. The van der Waals surface area contributed by atoms with Crippen molar-refractivity contribution in [2.45, 2.75) is 52.1 Å². The molecule has 112 valence electrons. The van der Waals surface area contributed by atoms with Gasteiger partial charge in [-0.05, 0) is 60.6 Å². The summed E-state index contributed by atoms with van der Waals surface area (Å²) in [5.74, 6) is 0.630. The second-order valence-corrected chi connectivity index (χ2v) is 7.83. The summed E-state index contributed by atoms with van der Waals surface area (Å²) in [6.07, 6.45) is 3.97. The predicted octanol–water partition coefficient (Wildman–Crippen LogP) is 5.22. The molecule has 1 saturated carbocycles. The Morgan fingerprint density at radius 3 is 2.05 bits per heavy atom. The smallest absolute Gasteiger partial charge is 0.163 e. The molecule has 0 bridgehead atoms. The summed E-state index contributed by atoms with van der Waals surface area (Å²) in [6.45, 7) is 7.21. The van der Waals surface area contributed by atoms with Gasteiger partial charge < -0.3 is 4.74 Å². The van der Waals surface area contributed by atoms with Gasteiger partial charge in [0.05, 0.1) is 3.57 Å². The summed E-state index contributed by atoms with van der Waals surface area (Å²) >= 11 is 14.4. The molecule has 1 aliphatic carbocycles. The van der Waals surface area contributed by atoms with Gasteiger partial charge in [-0.15, -0.1) is 0 Å². The number of aromatic nitrogens is 2. The van der Waals surface area contributed by atoms with Crippen LogP contribution in [0.1, 0.15) is 52.3 Å². The SMILES string of the molecule is CCOC1(c2nc(Cl)c(I)c(Cl)n2)CCC(C)(C)CC1. The molecule has 1 heterocycles. The Bertz CT molecular complexity index is 475. The van der Waals surface area contributed by atoms with E-state index in [1.54, 1.807) is 0 Å². The zero-order valence-corrected chi connectivity index (χ0v) is 15.6. The van der Waals surface area contributed by atoms with Gasteiger partial charge in [-0.2, -0.15) is 0 Å². The lowest BCUT2D eigenvalue weighted by Gasteiger charge is -2.42. The number of halogens is 3. The van der Waals surface area contributed by atoms with E-state index in [-0.39, 0.29) is 0 Å². The molecule has 0 N–H and O–H groups in total. The fourth-order valence-electron chi connectivity index (χ4n) is 2.64. The minimum atomic E-state index is -0.443. The fraction of sp³-hybridized carbons (Fsp3) is 0.714. The highest BCUT2D eigenvalue weighted by atomic mass is 127. The van der Waals surface area contributed by atoms with Crippen molar-refractivity contribution in [1.82, 2.24) is 9.97 Å². The molecule has 3 nitrogen and oxygen atoms in total. The van der Waals surface area contributed by atoms with Crippen LogP contribution < -0.4 is 0 Å². The summed E-state index contributed by atoms with van der Waals surface area (Å²) in [7, 11) is 0. The lowest BCUT2D eigenvalue weighted by molar-refractivity contribution is -0.0948. The van der Waals surface area contributed by atoms with Gasteiger partial charge in [-0.1, -0.05) is 37.0 Å². The van der Waals surface area contributed by atoms with Crippen molar-refractivity contribution in [3.8, 4) is 0 Å². The van der Waals surface area contributed by atoms with Crippen molar-refractivity contribution in [2.75, 3.05) is 6.61 Å². The van der Waals surface area contributed by atoms with Gasteiger partial charge in [0.1, 0.15) is 15.9 Å². The van der Waals surface area contributed by atoms with Gasteiger partial charge in [0.15, 0.2) is 5.82 Å². The normalized spacial score (nSPS) is 20.9. The highest BCUT2D eigenvalue weighted by Gasteiger charge is 2.43. The Labute approximate surface area is 143 Å². The first-order valence-corrected chi connectivity index (χ1v) is 8.66. The van der Waals surface area contributed by atoms with Crippen LogP contribution in [0.5, 0.6) is 0 Å². The van der Waals surface area contributed by atoms with Crippen molar-refractivity contribution in [1.29, 1.82) is 0 Å². The van der Waals surface area contributed by atoms with Gasteiger partial charge in [-0.25, -0.2) is 9.97 Å². The van der Waals surface area contributed by atoms with E-state index in [2.05, 4.69) is 46.4 Å². The van der Waals surface area contributed by atoms with Crippen molar-refractivity contribution < 1.29 is 4.74 Å². The Balaban J connectivity index is 2.39. The monoisotopic (exact) mass is 428 g/mol. The Morgan fingerprint density at radius 2 is 1.60 bits per heavy atom. The number of rotatable bonds is 3. The molecule has 1 aromatic heterocycles. The number of nitrogens with zero attached hydrogens (tertiary/aromatic N) is 2. The standard InChI is InChI=1S/C14H19Cl2IN2O/c1-4-20-14(7-5-13(2,3)6-8-14)12-18-10(15)9(17)11(16)19-12/h4-8H2,1-3H3. The third-order valence-electron chi connectivity index (χ3n) is 4.01. The van der Waals surface area contributed by atoms with Crippen LogP contribution in [0.25, 0.3) is 0 Å². The summed E-state index contributed by atoms with van der Waals surface area (Å²) in [4.78, 5) is 8.87. The second kappa shape index (κ2) is 6.23. The Morgan fingerprint density at radius 1 is 1.10 bits per heavy atom. The number of hydrogen-bond donors (Lipinski definition) is 0. The largest absolute Gasteiger partial charge is 0.367 e. The lowest BCUT2D eigenvalue weighted by atomic mass is 9.70. The first-order valence-electron chi connectivity index (χ1n) is 6.83. The van der Waals surface area contributed by atoms with E-state index in [0.29, 0.717) is 31.7 Å². The van der Waals surface area contributed by atoms with Crippen LogP contribution >= 0.6 is 45.8 Å². The summed E-state index contributed by atoms with van der Waals surface area (Å²) in [5, 5.41) is 0.814. The summed E-state index contributed by atoms with van der Waals surface area (Å²) in [6, 6.07) is 0. The molecule has 20 heavy (non-hydrogen) atoms. The van der Waals surface area contributed by atoms with Crippen LogP contribution in [0, 0.1) is 8.99 Å². The first-order chi connectivity index (χ1) is 9.30. The van der Waals surface area contributed by atoms with Crippen LogP contribution in [-0.4, -0.2) is 16.6 Å². The van der Waals surface area contributed by atoms with Crippen molar-refractivity contribution >= 4 is 45.8 Å². The molecule has 0 saturated heterocycles. The van der Waals surface area contributed by atoms with E-state index in [1.807, 2.05) is 6.92 Å². The van der Waals surface area contributed by atoms with E-state index in [4.69, 9.17) is 27.9 Å². The molecule has 0 aromatic carbocycles. The molecular weight excluding hydrogens is 410 g/mol. The van der Waals surface area contributed by atoms with Gasteiger partial charge in [0.2, 0.25) is 0 Å². The predicted molar refractivity (Wildman–Crippen MR) is 90.3 cm³/mol. The molecule has 1 aliphatic rings. The average Bonchev–Trinajstić information content (AvgIpc) is 2.38. The van der Waals surface area contributed by atoms with Gasteiger partial charge in [0.25, 0.3) is 0 Å². The molecule has 0 radical (unpaired) electrons. The molecule has 0 spiro atoms. The highest BCUT2D eigenvalue weighted by Crippen LogP contribution is 2.47. The minimum absolute atomic E-state index is 0.345. The van der Waals surface area contributed by atoms with Crippen LogP contribution in [-0.2, 0) is 10.3 Å². The van der Waals surface area contributed by atoms with E-state index in [9.17, 15) is 0 Å². The van der Waals surface area contributed by atoms with Gasteiger partial charge in [-0.3, -0.25) is 0 Å². The van der Waals surface area contributed by atoms with Crippen LogP contribution in [0.15, 0.2) is 0 Å². The average molecular weight is 429 g/mol. The molecule has 0 aliphatic heterocycles. The van der Waals surface area contributed by atoms with Crippen molar-refractivity contribution in [3.63, 3.8) is 0 Å². The van der Waals surface area contributed by atoms with E-state index in [1.165, 1.54) is 0 Å². The van der Waals surface area contributed by atoms with Crippen molar-refractivity contribution in [3.05, 3.63) is 19.7 Å². The third kappa shape index (κ3) is 3.39. The Hall–Kier alpha value is 0.350. The van der Waals surface area contributed by atoms with E-state index < -0.39 is 5.60 Å². The van der Waals surface area contributed by atoms with Crippen LogP contribution in [0.2, 0.25) is 10.3 Å². The van der Waals surface area contributed by atoms with E-state index in [0.717, 1.165) is 25.7 Å². The molecule has 6 heteroatoms. The van der Waals surface area contributed by atoms with E-state index >= 15 is 0 Å². The quantitative estimate of drug-likeness (QED) is 0.489. The molecular formula is C14H19Cl2IN2O. The van der Waals surface area contributed by atoms with Crippen LogP contribution in [0.3, 0.4) is 0 Å². The zero-order chi connectivity index (χ0) is 15.0. The molecule has 1 aromatic rings. The number of ether oxygens (including phenoxy) is 1. The summed E-state index contributed by atoms with van der Waals surface area (Å²) in [5.41, 5.74) is -0.0979. The highest BCUT2D eigenvalue weighted by molar-refractivity contribution is 14.1.